The van der Waals surface area contributed by atoms with Crippen LogP contribution in [0.3, 0.4) is 0 Å². The molecule has 0 atom stereocenters. The number of hydrogen-bond donors (Lipinski definition) is 0. The van der Waals surface area contributed by atoms with E-state index in [9.17, 15) is 4.79 Å². The lowest BCUT2D eigenvalue weighted by Gasteiger charge is -2.34. The fourth-order valence-corrected chi connectivity index (χ4v) is 3.71. The molecule has 1 amide bonds. The first-order chi connectivity index (χ1) is 14.8. The molecule has 0 saturated carbocycles. The van der Waals surface area contributed by atoms with Crippen LogP contribution >= 0.6 is 0 Å². The lowest BCUT2D eigenvalue weighted by Crippen LogP contribution is -2.49. The minimum absolute atomic E-state index is 0.00570. The van der Waals surface area contributed by atoms with Gasteiger partial charge in [-0.05, 0) is 17.7 Å². The van der Waals surface area contributed by atoms with Crippen molar-refractivity contribution < 1.29 is 4.79 Å². The Bertz CT molecular complexity index is 1150. The highest BCUT2D eigenvalue weighted by Crippen LogP contribution is 2.17. The topological polar surface area (TPSA) is 80.0 Å². The van der Waals surface area contributed by atoms with Gasteiger partial charge < -0.3 is 9.80 Å². The van der Waals surface area contributed by atoms with Gasteiger partial charge in [-0.3, -0.25) is 4.79 Å². The summed E-state index contributed by atoms with van der Waals surface area (Å²) in [6, 6.07) is 13.8. The lowest BCUT2D eigenvalue weighted by atomic mass is 10.2. The van der Waals surface area contributed by atoms with Crippen LogP contribution < -0.4 is 4.90 Å². The van der Waals surface area contributed by atoms with Gasteiger partial charge in [-0.25, -0.2) is 19.6 Å². The number of pyridine rings is 1. The molecule has 150 valence electrons. The number of rotatable bonds is 4. The summed E-state index contributed by atoms with van der Waals surface area (Å²) in [7, 11) is 0. The summed E-state index contributed by atoms with van der Waals surface area (Å²) in [4.78, 5) is 30.1. The van der Waals surface area contributed by atoms with E-state index in [1.807, 2.05) is 33.8 Å². The van der Waals surface area contributed by atoms with Crippen LogP contribution in [0.25, 0.3) is 11.0 Å². The molecule has 5 rings (SSSR count). The summed E-state index contributed by atoms with van der Waals surface area (Å²) < 4.78 is 1.86. The van der Waals surface area contributed by atoms with Crippen molar-refractivity contribution in [2.45, 2.75) is 6.54 Å². The number of fused-ring (bicyclic) bond motifs is 1. The Hall–Kier alpha value is -3.81. The summed E-state index contributed by atoms with van der Waals surface area (Å²) >= 11 is 0. The van der Waals surface area contributed by atoms with Gasteiger partial charge >= 0.3 is 0 Å². The molecule has 1 saturated heterocycles. The van der Waals surface area contributed by atoms with E-state index < -0.39 is 0 Å². The van der Waals surface area contributed by atoms with Crippen LogP contribution in [-0.2, 0) is 6.54 Å². The Morgan fingerprint density at radius 3 is 2.43 bits per heavy atom. The van der Waals surface area contributed by atoms with Crippen molar-refractivity contribution in [2.24, 2.45) is 0 Å². The van der Waals surface area contributed by atoms with E-state index in [2.05, 4.69) is 37.1 Å². The predicted molar refractivity (Wildman–Crippen MR) is 113 cm³/mol. The molecule has 3 aromatic heterocycles. The van der Waals surface area contributed by atoms with Crippen LogP contribution in [0.2, 0.25) is 0 Å². The largest absolute Gasteiger partial charge is 0.337 e. The normalized spacial score (nSPS) is 14.3. The van der Waals surface area contributed by atoms with Crippen molar-refractivity contribution >= 4 is 22.9 Å². The molecule has 8 heteroatoms. The molecule has 1 fully saturated rings. The molecule has 0 bridgehead atoms. The molecule has 4 heterocycles. The van der Waals surface area contributed by atoms with E-state index >= 15 is 0 Å². The van der Waals surface area contributed by atoms with Gasteiger partial charge in [-0.1, -0.05) is 30.3 Å². The molecule has 0 aliphatic carbocycles. The number of carbonyl (C=O) groups excluding carboxylic acids is 1. The van der Waals surface area contributed by atoms with Crippen molar-refractivity contribution in [1.82, 2.24) is 29.6 Å². The average Bonchev–Trinajstić information content (AvgIpc) is 3.22. The van der Waals surface area contributed by atoms with E-state index in [0.717, 1.165) is 16.6 Å². The highest BCUT2D eigenvalue weighted by molar-refractivity contribution is 5.97. The zero-order valence-electron chi connectivity index (χ0n) is 16.4. The minimum Gasteiger partial charge on any atom is -0.337 e. The van der Waals surface area contributed by atoms with Crippen molar-refractivity contribution in [3.63, 3.8) is 0 Å². The van der Waals surface area contributed by atoms with Gasteiger partial charge in [0.25, 0.3) is 5.91 Å². The maximum atomic E-state index is 13.0. The molecule has 0 radical (unpaired) electrons. The van der Waals surface area contributed by atoms with Gasteiger partial charge in [0.1, 0.15) is 0 Å². The highest BCUT2D eigenvalue weighted by atomic mass is 16.2. The quantitative estimate of drug-likeness (QED) is 0.524. The molecule has 1 aliphatic heterocycles. The Morgan fingerprint density at radius 2 is 1.67 bits per heavy atom. The van der Waals surface area contributed by atoms with Gasteiger partial charge in [0.15, 0.2) is 5.65 Å². The van der Waals surface area contributed by atoms with Gasteiger partial charge in [0.05, 0.1) is 18.3 Å². The number of anilines is 1. The minimum atomic E-state index is -0.00570. The zero-order valence-corrected chi connectivity index (χ0v) is 16.4. The van der Waals surface area contributed by atoms with Crippen molar-refractivity contribution in [2.75, 3.05) is 31.1 Å². The van der Waals surface area contributed by atoms with Crippen molar-refractivity contribution in [3.05, 3.63) is 78.4 Å². The molecule has 0 N–H and O–H groups in total. The van der Waals surface area contributed by atoms with Crippen LogP contribution in [-0.4, -0.2) is 61.7 Å². The Morgan fingerprint density at radius 1 is 0.900 bits per heavy atom. The first kappa shape index (κ1) is 18.2. The molecule has 1 aromatic carbocycles. The van der Waals surface area contributed by atoms with Crippen LogP contribution in [0.15, 0.2) is 67.3 Å². The second-order valence-electron chi connectivity index (χ2n) is 7.25. The van der Waals surface area contributed by atoms with E-state index in [-0.39, 0.29) is 5.91 Å². The maximum Gasteiger partial charge on any atom is 0.255 e. The molecule has 4 aromatic rings. The van der Waals surface area contributed by atoms with Gasteiger partial charge in [-0.15, -0.1) is 0 Å². The number of hydrogen-bond acceptors (Lipinski definition) is 6. The first-order valence-corrected chi connectivity index (χ1v) is 9.95. The third-order valence-corrected chi connectivity index (χ3v) is 5.30. The standard InChI is InChI=1S/C22H21N7O/c30-21(27-9-11-28(12-10-27)22-23-7-4-8-24-22)19-13-18-15-26-29(20(18)25-14-19)16-17-5-2-1-3-6-17/h1-8,13-15H,9-12,16H2. The summed E-state index contributed by atoms with van der Waals surface area (Å²) in [6.45, 7) is 3.32. The van der Waals surface area contributed by atoms with Crippen LogP contribution in [0, 0.1) is 0 Å². The average molecular weight is 399 g/mol. The second-order valence-corrected chi connectivity index (χ2v) is 7.25. The number of piperazine rings is 1. The van der Waals surface area contributed by atoms with Crippen LogP contribution in [0.4, 0.5) is 5.95 Å². The maximum absolute atomic E-state index is 13.0. The molecule has 0 unspecified atom stereocenters. The number of aromatic nitrogens is 5. The molecule has 0 spiro atoms. The summed E-state index contributed by atoms with van der Waals surface area (Å²) in [5.41, 5.74) is 2.53. The Labute approximate surface area is 173 Å². The summed E-state index contributed by atoms with van der Waals surface area (Å²) in [5.74, 6) is 0.701. The van der Waals surface area contributed by atoms with Gasteiger partial charge in [0.2, 0.25) is 5.95 Å². The number of benzene rings is 1. The number of carbonyl (C=O) groups is 1. The van der Waals surface area contributed by atoms with Crippen LogP contribution in [0.1, 0.15) is 15.9 Å². The lowest BCUT2D eigenvalue weighted by molar-refractivity contribution is 0.0746. The predicted octanol–water partition coefficient (Wildman–Crippen LogP) is 2.23. The van der Waals surface area contributed by atoms with E-state index in [1.54, 1.807) is 30.9 Å². The fourth-order valence-electron chi connectivity index (χ4n) is 3.71. The van der Waals surface area contributed by atoms with Crippen molar-refractivity contribution in [3.8, 4) is 0 Å². The molecule has 1 aliphatic rings. The van der Waals surface area contributed by atoms with Gasteiger partial charge in [0, 0.05) is 50.2 Å². The Balaban J connectivity index is 1.29. The number of nitrogens with zero attached hydrogens (tertiary/aromatic N) is 7. The monoisotopic (exact) mass is 399 g/mol. The highest BCUT2D eigenvalue weighted by Gasteiger charge is 2.24. The Kier molecular flexibility index (Phi) is 4.80. The van der Waals surface area contributed by atoms with E-state index in [4.69, 9.17) is 0 Å². The zero-order chi connectivity index (χ0) is 20.3. The first-order valence-electron chi connectivity index (χ1n) is 9.95. The second kappa shape index (κ2) is 7.90. The third-order valence-electron chi connectivity index (χ3n) is 5.30. The summed E-state index contributed by atoms with van der Waals surface area (Å²) in [6.07, 6.45) is 6.89. The smallest absolute Gasteiger partial charge is 0.255 e. The van der Waals surface area contributed by atoms with Crippen LogP contribution in [0.5, 0.6) is 0 Å². The number of amides is 1. The summed E-state index contributed by atoms with van der Waals surface area (Å²) in [5, 5.41) is 5.32. The van der Waals surface area contributed by atoms with E-state index in [0.29, 0.717) is 44.2 Å². The molecular formula is C22H21N7O. The molecule has 8 nitrogen and oxygen atoms in total. The van der Waals surface area contributed by atoms with Gasteiger partial charge in [-0.2, -0.15) is 5.10 Å². The molecular weight excluding hydrogens is 378 g/mol. The van der Waals surface area contributed by atoms with E-state index in [1.165, 1.54) is 0 Å². The fraction of sp³-hybridized carbons (Fsp3) is 0.227. The third kappa shape index (κ3) is 3.59. The molecule has 30 heavy (non-hydrogen) atoms. The SMILES string of the molecule is O=C(c1cnc2c(cnn2Cc2ccccc2)c1)N1CCN(c2ncccn2)CC1. The van der Waals surface area contributed by atoms with Crippen molar-refractivity contribution in [1.29, 1.82) is 0 Å².